The second kappa shape index (κ2) is 11.1. The molecule has 0 aliphatic rings. The van der Waals surface area contributed by atoms with Crippen LogP contribution in [0.25, 0.3) is 0 Å². The highest BCUT2D eigenvalue weighted by Gasteiger charge is 2.27. The summed E-state index contributed by atoms with van der Waals surface area (Å²) >= 11 is 6.23. The van der Waals surface area contributed by atoms with Crippen LogP contribution in [0.5, 0.6) is 0 Å². The van der Waals surface area contributed by atoms with Crippen LogP contribution in [-0.2, 0) is 15.9 Å². The van der Waals surface area contributed by atoms with Gasteiger partial charge in [-0.1, -0.05) is 54.1 Å². The Balaban J connectivity index is 2.05. The van der Waals surface area contributed by atoms with E-state index in [2.05, 4.69) is 10.3 Å². The van der Waals surface area contributed by atoms with Gasteiger partial charge < -0.3 is 9.47 Å². The molecule has 0 fully saturated rings. The van der Waals surface area contributed by atoms with Crippen molar-refractivity contribution in [3.63, 3.8) is 0 Å². The van der Waals surface area contributed by atoms with Gasteiger partial charge in [-0.3, -0.25) is 10.1 Å². The lowest BCUT2D eigenvalue weighted by Crippen LogP contribution is -2.28. The van der Waals surface area contributed by atoms with Gasteiger partial charge in [0.2, 0.25) is 0 Å². The number of ether oxygens (including phenoxy) is 2. The summed E-state index contributed by atoms with van der Waals surface area (Å²) < 4.78 is 10.2. The summed E-state index contributed by atoms with van der Waals surface area (Å²) in [5.41, 5.74) is 1.34. The number of pyridine rings is 1. The molecule has 1 heterocycles. The lowest BCUT2D eigenvalue weighted by atomic mass is 9.85. The quantitative estimate of drug-likeness (QED) is 0.316. The zero-order chi connectivity index (χ0) is 25.6. The Morgan fingerprint density at radius 1 is 1.00 bits per heavy atom. The van der Waals surface area contributed by atoms with E-state index in [0.717, 1.165) is 0 Å². The molecule has 182 valence electrons. The minimum Gasteiger partial charge on any atom is -0.464 e. The van der Waals surface area contributed by atoms with Gasteiger partial charge in [0.05, 0.1) is 13.0 Å². The topological polar surface area (TPSA) is 94.6 Å². The normalized spacial score (nSPS) is 11.9. The number of esters is 1. The summed E-state index contributed by atoms with van der Waals surface area (Å²) in [6, 6.07) is 18.7. The maximum atomic E-state index is 13.7. The number of ketones is 1. The summed E-state index contributed by atoms with van der Waals surface area (Å²) in [6.45, 7) is 5.27. The molecule has 7 nitrogen and oxygen atoms in total. The summed E-state index contributed by atoms with van der Waals surface area (Å²) in [5.74, 6) is -1.48. The molecule has 1 aromatic heterocycles. The smallest absolute Gasteiger partial charge is 0.412 e. The van der Waals surface area contributed by atoms with Crippen molar-refractivity contribution in [3.05, 3.63) is 94.3 Å². The Labute approximate surface area is 209 Å². The summed E-state index contributed by atoms with van der Waals surface area (Å²) in [7, 11) is 1.28. The third-order valence-electron chi connectivity index (χ3n) is 5.02. The van der Waals surface area contributed by atoms with Gasteiger partial charge in [0, 0.05) is 28.4 Å². The summed E-state index contributed by atoms with van der Waals surface area (Å²) in [6.07, 6.45) is -0.499. The monoisotopic (exact) mass is 494 g/mol. The van der Waals surface area contributed by atoms with E-state index >= 15 is 0 Å². The minimum atomic E-state index is -0.736. The highest BCUT2D eigenvalue weighted by molar-refractivity contribution is 6.31. The average Bonchev–Trinajstić information content (AvgIpc) is 2.81. The standard InChI is InChI=1S/C27H27ClN2O5/c1-27(2,3)35-26(33)30-23-15-18(28)13-14-20(23)21(24(31)17-9-6-5-7-10-17)16-19-11-8-12-22(29-19)25(32)34-4/h5-15,21H,16H2,1-4H3,(H,30,33). The fourth-order valence-electron chi connectivity index (χ4n) is 3.52. The Bertz CT molecular complexity index is 1220. The number of anilines is 1. The number of hydrogen-bond donors (Lipinski definition) is 1. The molecule has 1 N–H and O–H groups in total. The molecule has 1 unspecified atom stereocenters. The van der Waals surface area contributed by atoms with Crippen LogP contribution < -0.4 is 5.32 Å². The number of nitrogens with zero attached hydrogens (tertiary/aromatic N) is 1. The van der Waals surface area contributed by atoms with E-state index < -0.39 is 23.6 Å². The zero-order valence-corrected chi connectivity index (χ0v) is 20.8. The number of amides is 1. The van der Waals surface area contributed by atoms with E-state index in [0.29, 0.717) is 27.5 Å². The molecule has 35 heavy (non-hydrogen) atoms. The number of rotatable bonds is 7. The van der Waals surface area contributed by atoms with Gasteiger partial charge in [0.1, 0.15) is 11.3 Å². The van der Waals surface area contributed by atoms with Crippen LogP contribution in [0.2, 0.25) is 5.02 Å². The predicted molar refractivity (Wildman–Crippen MR) is 134 cm³/mol. The zero-order valence-electron chi connectivity index (χ0n) is 20.0. The van der Waals surface area contributed by atoms with Gasteiger partial charge in [-0.25, -0.2) is 14.6 Å². The lowest BCUT2D eigenvalue weighted by molar-refractivity contribution is 0.0591. The molecule has 1 amide bonds. The first-order chi connectivity index (χ1) is 16.6. The molecule has 3 rings (SSSR count). The van der Waals surface area contributed by atoms with Gasteiger partial charge in [0.25, 0.3) is 0 Å². The van der Waals surface area contributed by atoms with E-state index in [9.17, 15) is 14.4 Å². The third-order valence-corrected chi connectivity index (χ3v) is 5.25. The van der Waals surface area contributed by atoms with E-state index in [1.54, 1.807) is 81.4 Å². The number of aromatic nitrogens is 1. The molecular weight excluding hydrogens is 468 g/mol. The SMILES string of the molecule is COC(=O)c1cccc(CC(C(=O)c2ccccc2)c2ccc(Cl)cc2NC(=O)OC(C)(C)C)n1. The van der Waals surface area contributed by atoms with E-state index in [-0.39, 0.29) is 17.9 Å². The number of hydrogen-bond acceptors (Lipinski definition) is 6. The Morgan fingerprint density at radius 2 is 1.71 bits per heavy atom. The van der Waals surface area contributed by atoms with E-state index in [4.69, 9.17) is 21.1 Å². The first kappa shape index (κ1) is 25.9. The number of Topliss-reactive ketones (excluding diaryl/α,β-unsaturated/α-hetero) is 1. The van der Waals surface area contributed by atoms with E-state index in [1.165, 1.54) is 7.11 Å². The molecule has 8 heteroatoms. The van der Waals surface area contributed by atoms with Crippen molar-refractivity contribution in [2.45, 2.75) is 38.7 Å². The minimum absolute atomic E-state index is 0.138. The van der Waals surface area contributed by atoms with Crippen molar-refractivity contribution in [1.29, 1.82) is 0 Å². The average molecular weight is 495 g/mol. The molecule has 2 aromatic carbocycles. The highest BCUT2D eigenvalue weighted by Crippen LogP contribution is 2.33. The third kappa shape index (κ3) is 7.13. The van der Waals surface area contributed by atoms with Crippen molar-refractivity contribution < 1.29 is 23.9 Å². The number of carbonyl (C=O) groups is 3. The molecule has 0 bridgehead atoms. The van der Waals surface area contributed by atoms with Crippen LogP contribution in [0.15, 0.2) is 66.7 Å². The largest absolute Gasteiger partial charge is 0.464 e. The molecular formula is C27H27ClN2O5. The molecule has 1 atom stereocenters. The fraction of sp³-hybridized carbons (Fsp3) is 0.259. The number of benzene rings is 2. The van der Waals surface area contributed by atoms with Gasteiger partial charge in [-0.05, 0) is 50.6 Å². The molecule has 0 spiro atoms. The van der Waals surface area contributed by atoms with Crippen LogP contribution in [0, 0.1) is 0 Å². The van der Waals surface area contributed by atoms with Gasteiger partial charge in [-0.15, -0.1) is 0 Å². The molecule has 0 saturated heterocycles. The van der Waals surface area contributed by atoms with Gasteiger partial charge in [-0.2, -0.15) is 0 Å². The summed E-state index contributed by atoms with van der Waals surface area (Å²) in [4.78, 5) is 42.6. The number of carbonyl (C=O) groups excluding carboxylic acids is 3. The van der Waals surface area contributed by atoms with Crippen LogP contribution in [0.3, 0.4) is 0 Å². The predicted octanol–water partition coefficient (Wildman–Crippen LogP) is 6.08. The fourth-order valence-corrected chi connectivity index (χ4v) is 3.69. The Morgan fingerprint density at radius 3 is 2.37 bits per heavy atom. The number of methoxy groups -OCH3 is 1. The molecule has 0 aliphatic heterocycles. The Hall–Kier alpha value is -3.71. The van der Waals surface area contributed by atoms with Crippen molar-refractivity contribution in [2.75, 3.05) is 12.4 Å². The molecule has 0 radical (unpaired) electrons. The van der Waals surface area contributed by atoms with Crippen molar-refractivity contribution in [3.8, 4) is 0 Å². The first-order valence-electron chi connectivity index (χ1n) is 11.0. The van der Waals surface area contributed by atoms with Crippen molar-refractivity contribution >= 4 is 35.1 Å². The van der Waals surface area contributed by atoms with Gasteiger partial charge in [0.15, 0.2) is 5.78 Å². The van der Waals surface area contributed by atoms with Crippen LogP contribution in [-0.4, -0.2) is 35.5 Å². The van der Waals surface area contributed by atoms with Crippen LogP contribution in [0.1, 0.15) is 58.8 Å². The number of halogens is 1. The van der Waals surface area contributed by atoms with Crippen molar-refractivity contribution in [2.24, 2.45) is 0 Å². The summed E-state index contributed by atoms with van der Waals surface area (Å²) in [5, 5.41) is 3.11. The maximum Gasteiger partial charge on any atom is 0.412 e. The molecule has 3 aromatic rings. The number of nitrogens with one attached hydrogen (secondary N) is 1. The molecule has 0 saturated carbocycles. The Kier molecular flexibility index (Phi) is 8.25. The highest BCUT2D eigenvalue weighted by atomic mass is 35.5. The van der Waals surface area contributed by atoms with Crippen LogP contribution in [0.4, 0.5) is 10.5 Å². The first-order valence-corrected chi connectivity index (χ1v) is 11.4. The second-order valence-corrected chi connectivity index (χ2v) is 9.29. The molecule has 0 aliphatic carbocycles. The van der Waals surface area contributed by atoms with Gasteiger partial charge >= 0.3 is 12.1 Å². The second-order valence-electron chi connectivity index (χ2n) is 8.85. The lowest BCUT2D eigenvalue weighted by Gasteiger charge is -2.23. The van der Waals surface area contributed by atoms with E-state index in [1.807, 2.05) is 6.07 Å². The maximum absolute atomic E-state index is 13.7. The van der Waals surface area contributed by atoms with Crippen molar-refractivity contribution in [1.82, 2.24) is 4.98 Å². The van der Waals surface area contributed by atoms with Crippen LogP contribution >= 0.6 is 11.6 Å².